The second kappa shape index (κ2) is 7.00. The molecule has 0 spiro atoms. The molecule has 0 radical (unpaired) electrons. The SMILES string of the molecule is CCNCc1cc(F)c(Oc2ccc(Br)c(C)c2)c(F)c1. The third-order valence-corrected chi connectivity index (χ3v) is 3.88. The van der Waals surface area contributed by atoms with Gasteiger partial charge in [-0.2, -0.15) is 0 Å². The van der Waals surface area contributed by atoms with Crippen molar-refractivity contribution in [2.45, 2.75) is 20.4 Å². The first kappa shape index (κ1) is 15.9. The van der Waals surface area contributed by atoms with Crippen LogP contribution in [0.25, 0.3) is 0 Å². The highest BCUT2D eigenvalue weighted by Crippen LogP contribution is 2.30. The number of hydrogen-bond acceptors (Lipinski definition) is 2. The van der Waals surface area contributed by atoms with Gasteiger partial charge in [0.05, 0.1) is 0 Å². The van der Waals surface area contributed by atoms with E-state index in [1.807, 2.05) is 13.8 Å². The second-order valence-electron chi connectivity index (χ2n) is 4.68. The van der Waals surface area contributed by atoms with Gasteiger partial charge in [-0.1, -0.05) is 22.9 Å². The van der Waals surface area contributed by atoms with Crippen molar-refractivity contribution in [1.82, 2.24) is 5.32 Å². The molecule has 2 aromatic rings. The molecule has 0 bridgehead atoms. The van der Waals surface area contributed by atoms with Crippen LogP contribution in [0, 0.1) is 18.6 Å². The largest absolute Gasteiger partial charge is 0.451 e. The monoisotopic (exact) mass is 355 g/mol. The predicted molar refractivity (Wildman–Crippen MR) is 82.7 cm³/mol. The van der Waals surface area contributed by atoms with Gasteiger partial charge < -0.3 is 10.1 Å². The molecule has 0 aromatic heterocycles. The van der Waals surface area contributed by atoms with Crippen molar-refractivity contribution in [3.63, 3.8) is 0 Å². The zero-order valence-electron chi connectivity index (χ0n) is 11.8. The molecule has 0 fully saturated rings. The van der Waals surface area contributed by atoms with Crippen LogP contribution in [0.5, 0.6) is 11.5 Å². The van der Waals surface area contributed by atoms with E-state index in [4.69, 9.17) is 4.74 Å². The molecular weight excluding hydrogens is 340 g/mol. The summed E-state index contributed by atoms with van der Waals surface area (Å²) in [5, 5.41) is 3.02. The average Bonchev–Trinajstić information content (AvgIpc) is 2.44. The zero-order chi connectivity index (χ0) is 15.4. The molecule has 0 heterocycles. The van der Waals surface area contributed by atoms with Crippen LogP contribution in [0.1, 0.15) is 18.1 Å². The normalized spacial score (nSPS) is 10.7. The third-order valence-electron chi connectivity index (χ3n) is 2.99. The van der Waals surface area contributed by atoms with Crippen LogP contribution in [0.3, 0.4) is 0 Å². The van der Waals surface area contributed by atoms with Crippen LogP contribution >= 0.6 is 15.9 Å². The van der Waals surface area contributed by atoms with Gasteiger partial charge in [-0.3, -0.25) is 0 Å². The Bertz CT molecular complexity index is 623. The Morgan fingerprint density at radius 1 is 1.14 bits per heavy atom. The van der Waals surface area contributed by atoms with Crippen LogP contribution in [0.4, 0.5) is 8.78 Å². The first-order valence-electron chi connectivity index (χ1n) is 6.64. The Kier molecular flexibility index (Phi) is 5.31. The maximum absolute atomic E-state index is 14.0. The Balaban J connectivity index is 2.25. The first-order chi connectivity index (χ1) is 10.0. The van der Waals surface area contributed by atoms with Crippen molar-refractivity contribution < 1.29 is 13.5 Å². The van der Waals surface area contributed by atoms with E-state index in [0.29, 0.717) is 17.9 Å². The topological polar surface area (TPSA) is 21.3 Å². The standard InChI is InChI=1S/C16H16BrF2NO/c1-3-20-9-11-7-14(18)16(15(19)8-11)21-12-4-5-13(17)10(2)6-12/h4-8,20H,3,9H2,1-2H3. The van der Waals surface area contributed by atoms with E-state index in [1.165, 1.54) is 12.1 Å². The summed E-state index contributed by atoms with van der Waals surface area (Å²) in [6.07, 6.45) is 0. The molecule has 0 atom stereocenters. The maximum Gasteiger partial charge on any atom is 0.198 e. The maximum atomic E-state index is 14.0. The van der Waals surface area contributed by atoms with Crippen LogP contribution in [0.2, 0.25) is 0 Å². The summed E-state index contributed by atoms with van der Waals surface area (Å²) >= 11 is 3.37. The van der Waals surface area contributed by atoms with Gasteiger partial charge in [0.2, 0.25) is 0 Å². The highest BCUT2D eigenvalue weighted by atomic mass is 79.9. The van der Waals surface area contributed by atoms with E-state index in [0.717, 1.165) is 16.6 Å². The van der Waals surface area contributed by atoms with Gasteiger partial charge in [0.25, 0.3) is 0 Å². The lowest BCUT2D eigenvalue weighted by molar-refractivity contribution is 0.406. The van der Waals surface area contributed by atoms with Gasteiger partial charge >= 0.3 is 0 Å². The van der Waals surface area contributed by atoms with Crippen molar-refractivity contribution >= 4 is 15.9 Å². The Hall–Kier alpha value is -1.46. The van der Waals surface area contributed by atoms with Crippen LogP contribution in [-0.4, -0.2) is 6.54 Å². The summed E-state index contributed by atoms with van der Waals surface area (Å²) in [6, 6.07) is 7.72. The minimum Gasteiger partial charge on any atom is -0.451 e. The first-order valence-corrected chi connectivity index (χ1v) is 7.43. The van der Waals surface area contributed by atoms with Crippen molar-refractivity contribution in [3.8, 4) is 11.5 Å². The van der Waals surface area contributed by atoms with E-state index in [-0.39, 0.29) is 5.75 Å². The minimum absolute atomic E-state index is 0.378. The fourth-order valence-electron chi connectivity index (χ4n) is 1.88. The van der Waals surface area contributed by atoms with E-state index in [1.54, 1.807) is 18.2 Å². The minimum atomic E-state index is -0.705. The van der Waals surface area contributed by atoms with Gasteiger partial charge in [-0.25, -0.2) is 8.78 Å². The molecule has 0 unspecified atom stereocenters. The highest BCUT2D eigenvalue weighted by molar-refractivity contribution is 9.10. The number of nitrogens with one attached hydrogen (secondary N) is 1. The Morgan fingerprint density at radius 2 is 1.81 bits per heavy atom. The summed E-state index contributed by atoms with van der Waals surface area (Å²) in [5.41, 5.74) is 1.48. The molecule has 5 heteroatoms. The number of benzene rings is 2. The lowest BCUT2D eigenvalue weighted by atomic mass is 10.2. The van der Waals surface area contributed by atoms with Gasteiger partial charge in [-0.05, 0) is 54.9 Å². The van der Waals surface area contributed by atoms with E-state index < -0.39 is 11.6 Å². The molecule has 2 aromatic carbocycles. The van der Waals surface area contributed by atoms with Gasteiger partial charge in [-0.15, -0.1) is 0 Å². The molecule has 0 saturated heterocycles. The quantitative estimate of drug-likeness (QED) is 0.820. The molecule has 112 valence electrons. The summed E-state index contributed by atoms with van der Waals surface area (Å²) in [4.78, 5) is 0. The van der Waals surface area contributed by atoms with Crippen LogP contribution in [-0.2, 0) is 6.54 Å². The molecule has 0 aliphatic rings. The lowest BCUT2D eigenvalue weighted by Gasteiger charge is -2.11. The molecule has 0 aliphatic carbocycles. The number of ether oxygens (including phenoxy) is 1. The smallest absolute Gasteiger partial charge is 0.198 e. The average molecular weight is 356 g/mol. The summed E-state index contributed by atoms with van der Waals surface area (Å²) in [5.74, 6) is -1.39. The number of halogens is 3. The van der Waals surface area contributed by atoms with E-state index >= 15 is 0 Å². The molecule has 2 rings (SSSR count). The number of rotatable bonds is 5. The molecule has 2 nitrogen and oxygen atoms in total. The zero-order valence-corrected chi connectivity index (χ0v) is 13.4. The molecule has 0 aliphatic heterocycles. The van der Waals surface area contributed by atoms with Crippen molar-refractivity contribution in [3.05, 3.63) is 57.6 Å². The van der Waals surface area contributed by atoms with E-state index in [9.17, 15) is 8.78 Å². The molecule has 1 N–H and O–H groups in total. The van der Waals surface area contributed by atoms with Crippen molar-refractivity contribution in [2.75, 3.05) is 6.54 Å². The highest BCUT2D eigenvalue weighted by Gasteiger charge is 2.14. The Morgan fingerprint density at radius 3 is 2.38 bits per heavy atom. The van der Waals surface area contributed by atoms with E-state index in [2.05, 4.69) is 21.2 Å². The predicted octanol–water partition coefficient (Wildman–Crippen LogP) is 4.94. The molecule has 0 saturated carbocycles. The molecule has 0 amide bonds. The number of hydrogen-bond donors (Lipinski definition) is 1. The van der Waals surface area contributed by atoms with Crippen LogP contribution in [0.15, 0.2) is 34.8 Å². The van der Waals surface area contributed by atoms with Crippen molar-refractivity contribution in [2.24, 2.45) is 0 Å². The fourth-order valence-corrected chi connectivity index (χ4v) is 2.13. The van der Waals surface area contributed by atoms with Gasteiger partial charge in [0, 0.05) is 11.0 Å². The fraction of sp³-hybridized carbons (Fsp3) is 0.250. The third kappa shape index (κ3) is 4.02. The molecule has 21 heavy (non-hydrogen) atoms. The summed E-state index contributed by atoms with van der Waals surface area (Å²) in [7, 11) is 0. The lowest BCUT2D eigenvalue weighted by Crippen LogP contribution is -2.12. The number of aryl methyl sites for hydroxylation is 1. The van der Waals surface area contributed by atoms with Crippen LogP contribution < -0.4 is 10.1 Å². The van der Waals surface area contributed by atoms with Crippen molar-refractivity contribution in [1.29, 1.82) is 0 Å². The Labute approximate surface area is 131 Å². The second-order valence-corrected chi connectivity index (χ2v) is 5.54. The van der Waals surface area contributed by atoms with Gasteiger partial charge in [0.1, 0.15) is 5.75 Å². The summed E-state index contributed by atoms with van der Waals surface area (Å²) in [6.45, 7) is 4.96. The van der Waals surface area contributed by atoms with Gasteiger partial charge in [0.15, 0.2) is 17.4 Å². The molecular formula is C16H16BrF2NO. The summed E-state index contributed by atoms with van der Waals surface area (Å²) < 4.78 is 34.3.